The van der Waals surface area contributed by atoms with Gasteiger partial charge in [0.15, 0.2) is 0 Å². The Bertz CT molecular complexity index is 410. The summed E-state index contributed by atoms with van der Waals surface area (Å²) in [6.07, 6.45) is 3.59. The molecule has 2 N–H and O–H groups in total. The number of hydrogen-bond donors (Lipinski definition) is 2. The lowest BCUT2D eigenvalue weighted by Gasteiger charge is -2.42. The molecule has 0 bridgehead atoms. The van der Waals surface area contributed by atoms with Gasteiger partial charge in [-0.25, -0.2) is 4.79 Å². The van der Waals surface area contributed by atoms with E-state index in [0.717, 1.165) is 13.1 Å². The molecule has 19 heavy (non-hydrogen) atoms. The van der Waals surface area contributed by atoms with Crippen LogP contribution in [0.5, 0.6) is 0 Å². The van der Waals surface area contributed by atoms with Gasteiger partial charge < -0.3 is 10.6 Å². The van der Waals surface area contributed by atoms with Crippen LogP contribution in [-0.2, 0) is 5.41 Å². The van der Waals surface area contributed by atoms with Crippen LogP contribution in [0.15, 0.2) is 30.3 Å². The molecule has 0 aliphatic heterocycles. The van der Waals surface area contributed by atoms with Crippen molar-refractivity contribution in [1.29, 1.82) is 0 Å². The molecule has 104 valence electrons. The standard InChI is InChI=1S/C16H24N2O/c1-13(2)11-17-15(19)18-12-16(9-6-10-16)14-7-4-3-5-8-14/h3-5,7-8,13H,6,9-12H2,1-2H3,(H2,17,18,19). The van der Waals surface area contributed by atoms with Crippen molar-refractivity contribution in [2.75, 3.05) is 13.1 Å². The molecule has 0 spiro atoms. The molecule has 1 aliphatic rings. The van der Waals surface area contributed by atoms with Crippen LogP contribution < -0.4 is 10.6 Å². The number of hydrogen-bond acceptors (Lipinski definition) is 1. The number of benzene rings is 1. The maximum absolute atomic E-state index is 11.7. The van der Waals surface area contributed by atoms with Crippen molar-refractivity contribution in [2.24, 2.45) is 5.92 Å². The summed E-state index contributed by atoms with van der Waals surface area (Å²) in [5, 5.41) is 5.93. The Morgan fingerprint density at radius 3 is 2.42 bits per heavy atom. The Kier molecular flexibility index (Phi) is 4.46. The van der Waals surface area contributed by atoms with E-state index in [1.165, 1.54) is 24.8 Å². The zero-order chi connectivity index (χ0) is 13.7. The Morgan fingerprint density at radius 2 is 1.89 bits per heavy atom. The van der Waals surface area contributed by atoms with Crippen molar-refractivity contribution >= 4 is 6.03 Å². The number of rotatable bonds is 5. The van der Waals surface area contributed by atoms with Crippen LogP contribution in [0.4, 0.5) is 4.79 Å². The molecule has 0 aromatic heterocycles. The Morgan fingerprint density at radius 1 is 1.21 bits per heavy atom. The van der Waals surface area contributed by atoms with Gasteiger partial charge >= 0.3 is 6.03 Å². The van der Waals surface area contributed by atoms with Gasteiger partial charge in [0.05, 0.1) is 0 Å². The third-order valence-corrected chi connectivity index (χ3v) is 3.96. The lowest BCUT2D eigenvalue weighted by Crippen LogP contribution is -2.48. The maximum atomic E-state index is 11.7. The van der Waals surface area contributed by atoms with E-state index in [1.807, 2.05) is 6.07 Å². The predicted octanol–water partition coefficient (Wildman–Crippen LogP) is 3.06. The number of carbonyl (C=O) groups is 1. The summed E-state index contributed by atoms with van der Waals surface area (Å²) in [6, 6.07) is 10.5. The van der Waals surface area contributed by atoms with Crippen LogP contribution in [0.3, 0.4) is 0 Å². The van der Waals surface area contributed by atoms with Gasteiger partial charge in [0.1, 0.15) is 0 Å². The topological polar surface area (TPSA) is 41.1 Å². The fourth-order valence-electron chi connectivity index (χ4n) is 2.57. The van der Waals surface area contributed by atoms with Gasteiger partial charge in [0, 0.05) is 18.5 Å². The summed E-state index contributed by atoms with van der Waals surface area (Å²) >= 11 is 0. The normalized spacial score (nSPS) is 16.8. The smallest absolute Gasteiger partial charge is 0.314 e. The molecule has 0 heterocycles. The van der Waals surface area contributed by atoms with Crippen molar-refractivity contribution in [1.82, 2.24) is 10.6 Å². The van der Waals surface area contributed by atoms with E-state index in [9.17, 15) is 4.79 Å². The van der Waals surface area contributed by atoms with E-state index in [2.05, 4.69) is 48.7 Å². The first-order chi connectivity index (χ1) is 9.12. The van der Waals surface area contributed by atoms with Gasteiger partial charge in [-0.05, 0) is 24.3 Å². The van der Waals surface area contributed by atoms with E-state index in [4.69, 9.17) is 0 Å². The zero-order valence-corrected chi connectivity index (χ0v) is 11.9. The van der Waals surface area contributed by atoms with Crippen LogP contribution in [0.1, 0.15) is 38.7 Å². The fraction of sp³-hybridized carbons (Fsp3) is 0.562. The Balaban J connectivity index is 1.88. The Hall–Kier alpha value is -1.51. The van der Waals surface area contributed by atoms with Crippen LogP contribution >= 0.6 is 0 Å². The summed E-state index contributed by atoms with van der Waals surface area (Å²) < 4.78 is 0. The van der Waals surface area contributed by atoms with Crippen molar-refractivity contribution in [3.05, 3.63) is 35.9 Å². The lowest BCUT2D eigenvalue weighted by atomic mass is 9.64. The minimum Gasteiger partial charge on any atom is -0.338 e. The molecule has 1 saturated carbocycles. The minimum absolute atomic E-state index is 0.0455. The van der Waals surface area contributed by atoms with E-state index in [1.54, 1.807) is 0 Å². The van der Waals surface area contributed by atoms with Crippen molar-refractivity contribution < 1.29 is 4.79 Å². The average molecular weight is 260 g/mol. The highest BCUT2D eigenvalue weighted by Gasteiger charge is 2.38. The molecule has 0 atom stereocenters. The lowest BCUT2D eigenvalue weighted by molar-refractivity contribution is 0.214. The molecule has 3 heteroatoms. The second kappa shape index (κ2) is 6.09. The SMILES string of the molecule is CC(C)CNC(=O)NCC1(c2ccccc2)CCC1. The predicted molar refractivity (Wildman–Crippen MR) is 78.2 cm³/mol. The molecule has 0 radical (unpaired) electrons. The molecular weight excluding hydrogens is 236 g/mol. The van der Waals surface area contributed by atoms with Crippen LogP contribution in [-0.4, -0.2) is 19.1 Å². The van der Waals surface area contributed by atoms with Crippen molar-refractivity contribution in [3.8, 4) is 0 Å². The van der Waals surface area contributed by atoms with Crippen molar-refractivity contribution in [2.45, 2.75) is 38.5 Å². The molecule has 1 aromatic carbocycles. The Labute approximate surface area is 115 Å². The van der Waals surface area contributed by atoms with Gasteiger partial charge in [-0.2, -0.15) is 0 Å². The van der Waals surface area contributed by atoms with E-state index < -0.39 is 0 Å². The number of urea groups is 1. The highest BCUT2D eigenvalue weighted by molar-refractivity contribution is 5.74. The first kappa shape index (κ1) is 13.9. The molecular formula is C16H24N2O. The summed E-state index contributed by atoms with van der Waals surface area (Å²) in [7, 11) is 0. The third-order valence-electron chi connectivity index (χ3n) is 3.96. The number of amides is 2. The first-order valence-electron chi connectivity index (χ1n) is 7.20. The van der Waals surface area contributed by atoms with E-state index in [-0.39, 0.29) is 11.4 Å². The number of carbonyl (C=O) groups excluding carboxylic acids is 1. The fourth-order valence-corrected chi connectivity index (χ4v) is 2.57. The van der Waals surface area contributed by atoms with Gasteiger partial charge in [-0.3, -0.25) is 0 Å². The largest absolute Gasteiger partial charge is 0.338 e. The summed E-state index contributed by atoms with van der Waals surface area (Å²) in [6.45, 7) is 5.65. The number of nitrogens with one attached hydrogen (secondary N) is 2. The van der Waals surface area contributed by atoms with Gasteiger partial charge in [-0.1, -0.05) is 50.6 Å². The molecule has 1 fully saturated rings. The minimum atomic E-state index is -0.0455. The summed E-state index contributed by atoms with van der Waals surface area (Å²) in [5.41, 5.74) is 1.52. The average Bonchev–Trinajstić information content (AvgIpc) is 2.36. The van der Waals surface area contributed by atoms with Gasteiger partial charge in [-0.15, -0.1) is 0 Å². The summed E-state index contributed by atoms with van der Waals surface area (Å²) in [4.78, 5) is 11.7. The highest BCUT2D eigenvalue weighted by atomic mass is 16.2. The molecule has 1 aliphatic carbocycles. The molecule has 1 aromatic rings. The van der Waals surface area contributed by atoms with Gasteiger partial charge in [0.25, 0.3) is 0 Å². The van der Waals surface area contributed by atoms with Gasteiger partial charge in [0.2, 0.25) is 0 Å². The van der Waals surface area contributed by atoms with E-state index >= 15 is 0 Å². The zero-order valence-electron chi connectivity index (χ0n) is 11.9. The van der Waals surface area contributed by atoms with E-state index in [0.29, 0.717) is 5.92 Å². The van der Waals surface area contributed by atoms with Crippen molar-refractivity contribution in [3.63, 3.8) is 0 Å². The first-order valence-corrected chi connectivity index (χ1v) is 7.20. The summed E-state index contributed by atoms with van der Waals surface area (Å²) in [5.74, 6) is 0.484. The monoisotopic (exact) mass is 260 g/mol. The maximum Gasteiger partial charge on any atom is 0.314 e. The molecule has 3 nitrogen and oxygen atoms in total. The molecule has 0 unspecified atom stereocenters. The highest BCUT2D eigenvalue weighted by Crippen LogP contribution is 2.43. The molecule has 2 rings (SSSR count). The van der Waals surface area contributed by atoms with Crippen LogP contribution in [0, 0.1) is 5.92 Å². The molecule has 0 saturated heterocycles. The quantitative estimate of drug-likeness (QED) is 0.839. The van der Waals surface area contributed by atoms with Crippen LogP contribution in [0.2, 0.25) is 0 Å². The second-order valence-corrected chi connectivity index (χ2v) is 5.96. The van der Waals surface area contributed by atoms with Crippen LogP contribution in [0.25, 0.3) is 0 Å². The molecule has 2 amide bonds. The third kappa shape index (κ3) is 3.49. The second-order valence-electron chi connectivity index (χ2n) is 5.96.